The molecule has 1 amide bonds. The molecule has 0 unspecified atom stereocenters. The average molecular weight is 345 g/mol. The normalized spacial score (nSPS) is 32.0. The molecule has 0 aromatic heterocycles. The molecule has 3 N–H and O–H groups in total. The van der Waals surface area contributed by atoms with Crippen LogP contribution in [0.1, 0.15) is 37.8 Å². The zero-order valence-corrected chi connectivity index (χ0v) is 13.9. The summed E-state index contributed by atoms with van der Waals surface area (Å²) in [5.74, 6) is -6.60. The number of likely N-dealkylation sites (tertiary alicyclic amines) is 1. The summed E-state index contributed by atoms with van der Waals surface area (Å²) in [5, 5.41) is 33.6. The van der Waals surface area contributed by atoms with Crippen LogP contribution in [0, 0.1) is 0 Å². The molecule has 4 rings (SSSR count). The minimum Gasteiger partial charge on any atom is -0.459 e. The number of ketones is 1. The summed E-state index contributed by atoms with van der Waals surface area (Å²) < 4.78 is 5.62. The Kier molecular flexibility index (Phi) is 3.05. The number of hydrogen-bond acceptors (Lipinski definition) is 6. The predicted octanol–water partition coefficient (Wildman–Crippen LogP) is 0.237. The number of aliphatic hydroxyl groups is 3. The number of fused-ring (bicyclic) bond motifs is 2. The van der Waals surface area contributed by atoms with Crippen LogP contribution in [0.4, 0.5) is 0 Å². The molecule has 2 atom stereocenters. The summed E-state index contributed by atoms with van der Waals surface area (Å²) in [5.41, 5.74) is -2.13. The quantitative estimate of drug-likeness (QED) is 0.535. The van der Waals surface area contributed by atoms with Crippen molar-refractivity contribution in [1.29, 1.82) is 0 Å². The van der Waals surface area contributed by atoms with Crippen LogP contribution in [0.25, 0.3) is 0 Å². The zero-order chi connectivity index (χ0) is 18.2. The number of amides is 1. The fraction of sp³-hybridized carbons (Fsp3) is 0.444. The molecule has 1 aromatic carbocycles. The highest BCUT2D eigenvalue weighted by Gasteiger charge is 2.84. The van der Waals surface area contributed by atoms with E-state index in [-0.39, 0.29) is 29.0 Å². The Bertz CT molecular complexity index is 844. The van der Waals surface area contributed by atoms with E-state index >= 15 is 0 Å². The van der Waals surface area contributed by atoms with Crippen molar-refractivity contribution in [2.75, 3.05) is 6.54 Å². The number of Topliss-reactive ketones (excluding diaryl/α,β-unsaturated/α-hetero) is 1. The topological polar surface area (TPSA) is 107 Å². The lowest BCUT2D eigenvalue weighted by molar-refractivity contribution is -0.315. The SMILES string of the molecule is CCCCN1C(=O)C(=O)C2=C(C)O[C@]3(O)c4ccccc4C(O)(O)[C@@]213. The first-order chi connectivity index (χ1) is 11.7. The van der Waals surface area contributed by atoms with Crippen LogP contribution in [-0.4, -0.2) is 44.0 Å². The smallest absolute Gasteiger partial charge is 0.295 e. The van der Waals surface area contributed by atoms with Crippen LogP contribution in [0.2, 0.25) is 0 Å². The van der Waals surface area contributed by atoms with Crippen LogP contribution in [0.15, 0.2) is 35.6 Å². The van der Waals surface area contributed by atoms with Crippen molar-refractivity contribution in [3.8, 4) is 0 Å². The summed E-state index contributed by atoms with van der Waals surface area (Å²) in [4.78, 5) is 26.3. The molecule has 7 nitrogen and oxygen atoms in total. The van der Waals surface area contributed by atoms with Gasteiger partial charge in [0.15, 0.2) is 0 Å². The molecule has 1 aliphatic carbocycles. The molecule has 132 valence electrons. The molecule has 3 aliphatic rings. The Morgan fingerprint density at radius 3 is 2.40 bits per heavy atom. The highest BCUT2D eigenvalue weighted by Crippen LogP contribution is 2.66. The van der Waals surface area contributed by atoms with Crippen molar-refractivity contribution in [2.45, 2.75) is 43.8 Å². The van der Waals surface area contributed by atoms with E-state index in [2.05, 4.69) is 0 Å². The molecule has 2 heterocycles. The van der Waals surface area contributed by atoms with Gasteiger partial charge in [-0.15, -0.1) is 0 Å². The number of carbonyl (C=O) groups excluding carboxylic acids is 2. The number of hydrogen-bond donors (Lipinski definition) is 3. The third-order valence-electron chi connectivity index (χ3n) is 5.48. The number of rotatable bonds is 3. The average Bonchev–Trinajstić information content (AvgIpc) is 3.02. The van der Waals surface area contributed by atoms with Gasteiger partial charge in [-0.1, -0.05) is 37.6 Å². The van der Waals surface area contributed by atoms with E-state index in [1.807, 2.05) is 6.92 Å². The number of ether oxygens (including phenoxy) is 1. The first kappa shape index (κ1) is 16.3. The van der Waals surface area contributed by atoms with E-state index in [1.165, 1.54) is 19.1 Å². The summed E-state index contributed by atoms with van der Waals surface area (Å²) in [6.07, 6.45) is 1.26. The lowest BCUT2D eigenvalue weighted by atomic mass is 9.79. The van der Waals surface area contributed by atoms with Gasteiger partial charge in [0.1, 0.15) is 5.76 Å². The van der Waals surface area contributed by atoms with Crippen LogP contribution in [-0.2, 0) is 25.9 Å². The van der Waals surface area contributed by atoms with E-state index in [0.717, 1.165) is 11.3 Å². The lowest BCUT2D eigenvalue weighted by Gasteiger charge is -2.45. The van der Waals surface area contributed by atoms with Crippen LogP contribution in [0.5, 0.6) is 0 Å². The van der Waals surface area contributed by atoms with E-state index in [0.29, 0.717) is 6.42 Å². The molecule has 0 radical (unpaired) electrons. The standard InChI is InChI=1S/C18H19NO6/c1-3-4-9-19-15(21)14(20)13-10(2)25-18(24)12-8-6-5-7-11(12)17(22,23)16(13,18)19/h5-8,22-24H,3-4,9H2,1-2H3/t16-,18-/m1/s1. The lowest BCUT2D eigenvalue weighted by Crippen LogP contribution is -2.66. The number of allylic oxidation sites excluding steroid dienone is 1. The Balaban J connectivity index is 2.07. The van der Waals surface area contributed by atoms with Gasteiger partial charge in [0.2, 0.25) is 11.3 Å². The molecule has 0 saturated carbocycles. The van der Waals surface area contributed by atoms with Crippen LogP contribution >= 0.6 is 0 Å². The Morgan fingerprint density at radius 2 is 1.76 bits per heavy atom. The minimum absolute atomic E-state index is 0.0199. The minimum atomic E-state index is -2.67. The molecule has 1 spiro atoms. The largest absolute Gasteiger partial charge is 0.459 e. The van der Waals surface area contributed by atoms with Gasteiger partial charge in [-0.3, -0.25) is 9.59 Å². The maximum absolute atomic E-state index is 12.6. The molecule has 1 saturated heterocycles. The van der Waals surface area contributed by atoms with E-state index in [9.17, 15) is 24.9 Å². The van der Waals surface area contributed by atoms with Crippen molar-refractivity contribution in [2.24, 2.45) is 0 Å². The van der Waals surface area contributed by atoms with Gasteiger partial charge in [0.25, 0.3) is 17.5 Å². The third kappa shape index (κ3) is 1.48. The van der Waals surface area contributed by atoms with E-state index in [1.54, 1.807) is 12.1 Å². The summed E-state index contributed by atoms with van der Waals surface area (Å²) in [7, 11) is 0. The van der Waals surface area contributed by atoms with Crippen molar-refractivity contribution >= 4 is 11.7 Å². The second-order valence-corrected chi connectivity index (χ2v) is 6.74. The van der Waals surface area contributed by atoms with Crippen molar-refractivity contribution in [3.63, 3.8) is 0 Å². The molecule has 25 heavy (non-hydrogen) atoms. The van der Waals surface area contributed by atoms with Gasteiger partial charge in [-0.25, -0.2) is 0 Å². The fourth-order valence-corrected chi connectivity index (χ4v) is 4.51. The summed E-state index contributed by atoms with van der Waals surface area (Å²) in [6, 6.07) is 6.17. The van der Waals surface area contributed by atoms with E-state index < -0.39 is 28.8 Å². The van der Waals surface area contributed by atoms with E-state index in [4.69, 9.17) is 4.74 Å². The van der Waals surface area contributed by atoms with Gasteiger partial charge < -0.3 is 25.0 Å². The van der Waals surface area contributed by atoms with Gasteiger partial charge in [0, 0.05) is 17.7 Å². The zero-order valence-electron chi connectivity index (χ0n) is 13.9. The summed E-state index contributed by atoms with van der Waals surface area (Å²) >= 11 is 0. The number of carbonyl (C=O) groups is 2. The maximum atomic E-state index is 12.6. The Labute approximate surface area is 144 Å². The van der Waals surface area contributed by atoms with Crippen molar-refractivity contribution in [3.05, 3.63) is 46.7 Å². The van der Waals surface area contributed by atoms with Gasteiger partial charge in [0.05, 0.1) is 5.57 Å². The number of unbranched alkanes of at least 4 members (excludes halogenated alkanes) is 1. The Morgan fingerprint density at radius 1 is 1.12 bits per heavy atom. The molecular weight excluding hydrogens is 326 g/mol. The highest BCUT2D eigenvalue weighted by molar-refractivity contribution is 6.46. The second kappa shape index (κ2) is 4.69. The predicted molar refractivity (Wildman–Crippen MR) is 84.6 cm³/mol. The van der Waals surface area contributed by atoms with Gasteiger partial charge in [-0.2, -0.15) is 0 Å². The number of nitrogens with zero attached hydrogens (tertiary/aromatic N) is 1. The van der Waals surface area contributed by atoms with Crippen LogP contribution in [0.3, 0.4) is 0 Å². The molecule has 1 fully saturated rings. The van der Waals surface area contributed by atoms with Gasteiger partial charge in [-0.05, 0) is 13.3 Å². The second-order valence-electron chi connectivity index (χ2n) is 6.74. The molecular formula is C18H19NO6. The van der Waals surface area contributed by atoms with Crippen LogP contribution < -0.4 is 0 Å². The van der Waals surface area contributed by atoms with Crippen molar-refractivity contribution < 1.29 is 29.6 Å². The molecule has 0 bridgehead atoms. The molecule has 7 heteroatoms. The third-order valence-corrected chi connectivity index (χ3v) is 5.48. The van der Waals surface area contributed by atoms with Crippen molar-refractivity contribution in [1.82, 2.24) is 4.90 Å². The highest BCUT2D eigenvalue weighted by atomic mass is 16.6. The summed E-state index contributed by atoms with van der Waals surface area (Å²) in [6.45, 7) is 3.45. The number of benzene rings is 1. The monoisotopic (exact) mass is 345 g/mol. The van der Waals surface area contributed by atoms with Gasteiger partial charge >= 0.3 is 0 Å². The fourth-order valence-electron chi connectivity index (χ4n) is 4.51. The maximum Gasteiger partial charge on any atom is 0.295 e. The molecule has 1 aromatic rings. The molecule has 2 aliphatic heterocycles. The first-order valence-electron chi connectivity index (χ1n) is 8.29. The Hall–Kier alpha value is -2.22. The first-order valence-corrected chi connectivity index (χ1v) is 8.29.